The molecule has 0 amide bonds. The van der Waals surface area contributed by atoms with Crippen LogP contribution in [0.3, 0.4) is 0 Å². The third-order valence-electron chi connectivity index (χ3n) is 26.4. The summed E-state index contributed by atoms with van der Waals surface area (Å²) in [6.45, 7) is 0. The van der Waals surface area contributed by atoms with Crippen molar-refractivity contribution in [3.05, 3.63) is 461 Å². The molecule has 0 spiro atoms. The van der Waals surface area contributed by atoms with E-state index in [1.165, 1.54) is 209 Å². The molecule has 19 aromatic carbocycles. The lowest BCUT2D eigenvalue weighted by Gasteiger charge is -2.15. The molecule has 0 aliphatic rings. The Morgan fingerprint density at radius 3 is 0.682 bits per heavy atom. The highest BCUT2D eigenvalue weighted by molar-refractivity contribution is 7.27. The number of aromatic nitrogens is 6. The summed E-state index contributed by atoms with van der Waals surface area (Å²) < 4.78 is 15.0. The van der Waals surface area contributed by atoms with E-state index in [-0.39, 0.29) is 0 Å². The molecule has 9 heterocycles. The van der Waals surface area contributed by atoms with Gasteiger partial charge in [-0.2, -0.15) is 0 Å². The molecule has 28 aromatic rings. The Morgan fingerprint density at radius 1 is 0.152 bits per heavy atom. The van der Waals surface area contributed by atoms with Gasteiger partial charge < -0.3 is 13.7 Å². The van der Waals surface area contributed by atoms with Crippen LogP contribution in [0.15, 0.2) is 461 Å². The molecule has 9 aromatic heterocycles. The van der Waals surface area contributed by atoms with Crippen LogP contribution >= 0.6 is 34.0 Å². The van der Waals surface area contributed by atoms with Crippen molar-refractivity contribution in [1.29, 1.82) is 0 Å². The zero-order valence-electron chi connectivity index (χ0n) is 71.3. The summed E-state index contributed by atoms with van der Waals surface area (Å²) in [5.41, 5.74) is 30.5. The zero-order valence-corrected chi connectivity index (χ0v) is 73.7. The maximum absolute atomic E-state index is 5.22. The molecule has 0 saturated carbocycles. The van der Waals surface area contributed by atoms with Crippen molar-refractivity contribution < 1.29 is 0 Å². The van der Waals surface area contributed by atoms with Gasteiger partial charge in [0.15, 0.2) is 0 Å². The van der Waals surface area contributed by atoms with Crippen molar-refractivity contribution in [2.75, 3.05) is 0 Å². The van der Waals surface area contributed by atoms with Gasteiger partial charge in [0, 0.05) is 131 Å². The molecular weight excluding hydrogens is 1660 g/mol. The number of para-hydroxylation sites is 2. The molecule has 9 heteroatoms. The van der Waals surface area contributed by atoms with Crippen LogP contribution in [0.1, 0.15) is 0 Å². The highest BCUT2D eigenvalue weighted by Crippen LogP contribution is 2.49. The molecule has 616 valence electrons. The fourth-order valence-electron chi connectivity index (χ4n) is 20.3. The van der Waals surface area contributed by atoms with Crippen molar-refractivity contribution >= 4 is 193 Å². The number of rotatable bonds is 10. The summed E-state index contributed by atoms with van der Waals surface area (Å²) in [4.78, 5) is 15.5. The summed E-state index contributed by atoms with van der Waals surface area (Å²) in [6.07, 6.45) is 6.27. The number of fused-ring (bicyclic) bond motifs is 27. The second kappa shape index (κ2) is 31.7. The lowest BCUT2D eigenvalue weighted by molar-refractivity contribution is 1.19. The Morgan fingerprint density at radius 2 is 0.386 bits per heavy atom. The van der Waals surface area contributed by atoms with Gasteiger partial charge >= 0.3 is 0 Å². The van der Waals surface area contributed by atoms with E-state index in [0.717, 1.165) is 44.4 Å². The smallest absolute Gasteiger partial charge is 0.0902 e. The van der Waals surface area contributed by atoms with Gasteiger partial charge in [-0.05, 0) is 193 Å². The molecule has 0 N–H and O–H groups in total. The largest absolute Gasteiger partial charge is 0.308 e. The first-order valence-electron chi connectivity index (χ1n) is 44.7. The summed E-state index contributed by atoms with van der Waals surface area (Å²) in [7, 11) is 0. The maximum atomic E-state index is 5.22. The van der Waals surface area contributed by atoms with Crippen LogP contribution in [-0.2, 0) is 0 Å². The molecule has 0 fully saturated rings. The van der Waals surface area contributed by atoms with Gasteiger partial charge in [0.2, 0.25) is 0 Å². The van der Waals surface area contributed by atoms with Crippen molar-refractivity contribution in [2.24, 2.45) is 0 Å². The molecule has 0 atom stereocenters. The predicted octanol–water partition coefficient (Wildman–Crippen LogP) is 34.8. The molecule has 0 aliphatic heterocycles. The first-order chi connectivity index (χ1) is 65.5. The zero-order chi connectivity index (χ0) is 86.9. The van der Waals surface area contributed by atoms with E-state index in [2.05, 4.69) is 475 Å². The molecular formula is C123H76N6S3. The van der Waals surface area contributed by atoms with Crippen LogP contribution in [0, 0.1) is 0 Å². The topological polar surface area (TPSA) is 53.5 Å². The summed E-state index contributed by atoms with van der Waals surface area (Å²) in [6, 6.07) is 160. The Labute approximate surface area is 771 Å². The molecule has 28 rings (SSSR count). The first-order valence-corrected chi connectivity index (χ1v) is 47.2. The average Bonchev–Trinajstić information content (AvgIpc) is 1.56. The Hall–Kier alpha value is -16.5. The Balaban J connectivity index is 0.000000104. The molecule has 0 radical (unpaired) electrons. The number of pyridine rings is 3. The molecule has 0 bridgehead atoms. The SMILES string of the molecule is c1ccc(-c2cc(-c3ccccc3)cc(-n3c4ccc(-c5ccccc5)cc4c4cnc5c(ccc6c7ccccc7sc65)c43)c2)cc1.c1ccc(-c2cc(-c3ccccc3)cc(-n3c4ccccc4c4cnc5c(ccc6c7ccccc7sc65)c43)c2)cc1.c1ccc(-c2cc(-c3ccccc3)cc(-n3c4ccccc4c4cnc5c(ccc6c7ccccc7sc65)c43)c2)cc1. The van der Waals surface area contributed by atoms with Crippen molar-refractivity contribution in [3.8, 4) is 95.0 Å². The van der Waals surface area contributed by atoms with Gasteiger partial charge in [0.05, 0.1) is 63.8 Å². The third-order valence-corrected chi connectivity index (χ3v) is 30.0. The molecule has 0 unspecified atom stereocenters. The first kappa shape index (κ1) is 76.7. The third kappa shape index (κ3) is 12.9. The number of hydrogen-bond donors (Lipinski definition) is 0. The monoisotopic (exact) mass is 1730 g/mol. The second-order valence-electron chi connectivity index (χ2n) is 34.0. The lowest BCUT2D eigenvalue weighted by atomic mass is 9.98. The fourth-order valence-corrected chi connectivity index (χ4v) is 23.9. The van der Waals surface area contributed by atoms with E-state index in [1.807, 2.05) is 34.0 Å². The summed E-state index contributed by atoms with van der Waals surface area (Å²) in [5.74, 6) is 0. The minimum Gasteiger partial charge on any atom is -0.308 e. The van der Waals surface area contributed by atoms with E-state index in [1.54, 1.807) is 0 Å². The van der Waals surface area contributed by atoms with E-state index in [9.17, 15) is 0 Å². The van der Waals surface area contributed by atoms with Gasteiger partial charge in [-0.25, -0.2) is 0 Å². The minimum atomic E-state index is 1.05. The van der Waals surface area contributed by atoms with Crippen molar-refractivity contribution in [2.45, 2.75) is 0 Å². The fraction of sp³-hybridized carbons (Fsp3) is 0. The molecule has 0 saturated heterocycles. The standard InChI is InChI=1S/C45H28N2S.2C39H24N2S/c1-4-12-29(13-5-1)32-20-23-41-39(27-32)40-28-46-43-38(22-21-37-36-18-10-11-19-42(36)48-45(37)43)44(40)47(41)35-25-33(30-14-6-2-7-15-30)24-34(26-35)31-16-8-3-9-17-31;2*1-3-11-25(12-4-1)27-21-28(26-13-5-2-6-14-26)23-29(22-27)41-35-17-9-7-15-30(35)34-24-40-37-33(38(34)41)20-19-32-31-16-8-10-18-36(31)42-39(32)37/h1-28H;2*1-24H. The lowest BCUT2D eigenvalue weighted by Crippen LogP contribution is -1.97. The van der Waals surface area contributed by atoms with Crippen LogP contribution in [0.5, 0.6) is 0 Å². The van der Waals surface area contributed by atoms with Crippen LogP contribution < -0.4 is 0 Å². The van der Waals surface area contributed by atoms with Gasteiger partial charge in [-0.1, -0.05) is 328 Å². The van der Waals surface area contributed by atoms with Gasteiger partial charge in [0.1, 0.15) is 0 Å². The van der Waals surface area contributed by atoms with Gasteiger partial charge in [-0.15, -0.1) is 34.0 Å². The number of thiophene rings is 3. The molecule has 6 nitrogen and oxygen atoms in total. The summed E-state index contributed by atoms with van der Waals surface area (Å²) in [5, 5.41) is 18.3. The van der Waals surface area contributed by atoms with E-state index >= 15 is 0 Å². The van der Waals surface area contributed by atoms with E-state index < -0.39 is 0 Å². The normalized spacial score (nSPS) is 11.8. The minimum absolute atomic E-state index is 1.05. The van der Waals surface area contributed by atoms with Crippen molar-refractivity contribution in [1.82, 2.24) is 28.7 Å². The van der Waals surface area contributed by atoms with Crippen LogP contribution in [0.2, 0.25) is 0 Å². The van der Waals surface area contributed by atoms with Crippen molar-refractivity contribution in [3.63, 3.8) is 0 Å². The number of nitrogens with zero attached hydrogens (tertiary/aromatic N) is 6. The summed E-state index contributed by atoms with van der Waals surface area (Å²) >= 11 is 5.51. The number of benzene rings is 19. The predicted molar refractivity (Wildman–Crippen MR) is 565 cm³/mol. The van der Waals surface area contributed by atoms with E-state index in [0.29, 0.717) is 0 Å². The Bertz CT molecular complexity index is 8920. The molecule has 132 heavy (non-hydrogen) atoms. The highest BCUT2D eigenvalue weighted by Gasteiger charge is 2.26. The van der Waals surface area contributed by atoms with Crippen LogP contribution in [0.4, 0.5) is 0 Å². The highest BCUT2D eigenvalue weighted by atomic mass is 32.1. The average molecular weight is 1730 g/mol. The maximum Gasteiger partial charge on any atom is 0.0902 e. The van der Waals surface area contributed by atoms with Gasteiger partial charge in [0.25, 0.3) is 0 Å². The number of hydrogen-bond acceptors (Lipinski definition) is 6. The van der Waals surface area contributed by atoms with E-state index in [4.69, 9.17) is 15.0 Å². The van der Waals surface area contributed by atoms with Crippen LogP contribution in [0.25, 0.3) is 254 Å². The Kier molecular flexibility index (Phi) is 18.4. The molecule has 0 aliphatic carbocycles. The quantitative estimate of drug-likeness (QED) is 0.137. The van der Waals surface area contributed by atoms with Gasteiger partial charge in [-0.3, -0.25) is 15.0 Å². The van der Waals surface area contributed by atoms with Crippen LogP contribution in [-0.4, -0.2) is 28.7 Å². The second-order valence-corrected chi connectivity index (χ2v) is 37.2.